The monoisotopic (exact) mass is 393 g/mol. The average Bonchev–Trinajstić information content (AvgIpc) is 3.38. The van der Waals surface area contributed by atoms with Crippen LogP contribution in [0.3, 0.4) is 0 Å². The number of nitriles is 1. The van der Waals surface area contributed by atoms with Crippen molar-refractivity contribution >= 4 is 21.9 Å². The van der Waals surface area contributed by atoms with Crippen LogP contribution in [0, 0.1) is 25.2 Å². The Labute approximate surface area is 172 Å². The Hall–Kier alpha value is -3.95. The Morgan fingerprint density at radius 1 is 1.13 bits per heavy atom. The molecule has 30 heavy (non-hydrogen) atoms. The lowest BCUT2D eigenvalue weighted by atomic mass is 9.92. The van der Waals surface area contributed by atoms with E-state index in [1.807, 2.05) is 31.5 Å². The summed E-state index contributed by atoms with van der Waals surface area (Å²) in [5, 5.41) is 21.5. The highest BCUT2D eigenvalue weighted by atomic mass is 16.3. The van der Waals surface area contributed by atoms with Gasteiger partial charge in [0.25, 0.3) is 0 Å². The van der Waals surface area contributed by atoms with Gasteiger partial charge >= 0.3 is 0 Å². The molecule has 0 spiro atoms. The van der Waals surface area contributed by atoms with Crippen LogP contribution in [0.2, 0.25) is 0 Å². The van der Waals surface area contributed by atoms with Crippen molar-refractivity contribution in [2.24, 2.45) is 0 Å². The fourth-order valence-corrected chi connectivity index (χ4v) is 4.15. The molecule has 0 aliphatic carbocycles. The predicted octanol–water partition coefficient (Wildman–Crippen LogP) is 4.68. The predicted molar refractivity (Wildman–Crippen MR) is 116 cm³/mol. The molecule has 0 amide bonds. The highest BCUT2D eigenvalue weighted by Gasteiger charge is 2.24. The van der Waals surface area contributed by atoms with Crippen molar-refractivity contribution in [3.63, 3.8) is 0 Å². The molecule has 3 heterocycles. The number of fused-ring (bicyclic) bond motifs is 2. The van der Waals surface area contributed by atoms with Crippen LogP contribution in [-0.2, 0) is 0 Å². The van der Waals surface area contributed by atoms with Crippen LogP contribution in [0.25, 0.3) is 33.1 Å². The first kappa shape index (κ1) is 18.1. The van der Waals surface area contributed by atoms with E-state index in [0.29, 0.717) is 16.9 Å². The van der Waals surface area contributed by atoms with Crippen molar-refractivity contribution in [2.75, 3.05) is 0 Å². The van der Waals surface area contributed by atoms with Crippen molar-refractivity contribution in [1.29, 1.82) is 5.26 Å². The standard InChI is InChI=1S/C24H19N5O/c1-13-8-14(2)22-21(17(12-27-22)16-4-3-7-26-11-16)20(13)23(30)24-28-18-6-5-15(10-25)9-19(18)29-24/h3-9,11-12,23,27,30H,1-2H3,(H,28,29). The fraction of sp³-hybridized carbons (Fsp3) is 0.125. The summed E-state index contributed by atoms with van der Waals surface area (Å²) >= 11 is 0. The minimum Gasteiger partial charge on any atom is -0.380 e. The molecule has 0 saturated heterocycles. The minimum atomic E-state index is -0.947. The number of imidazole rings is 1. The van der Waals surface area contributed by atoms with Crippen LogP contribution in [0.15, 0.2) is 55.0 Å². The fourth-order valence-electron chi connectivity index (χ4n) is 4.15. The van der Waals surface area contributed by atoms with Gasteiger partial charge in [-0.05, 0) is 49.2 Å². The summed E-state index contributed by atoms with van der Waals surface area (Å²) in [5.41, 5.74) is 7.83. The van der Waals surface area contributed by atoms with Crippen LogP contribution in [-0.4, -0.2) is 25.0 Å². The number of pyridine rings is 1. The zero-order chi connectivity index (χ0) is 20.8. The lowest BCUT2D eigenvalue weighted by Crippen LogP contribution is -2.06. The van der Waals surface area contributed by atoms with E-state index in [1.165, 1.54) is 0 Å². The van der Waals surface area contributed by atoms with Gasteiger partial charge in [0.15, 0.2) is 0 Å². The number of aromatic nitrogens is 4. The second-order valence-corrected chi connectivity index (χ2v) is 7.49. The molecule has 1 unspecified atom stereocenters. The molecule has 0 bridgehead atoms. The molecule has 3 aromatic heterocycles. The molecule has 3 N–H and O–H groups in total. The molecule has 0 fully saturated rings. The van der Waals surface area contributed by atoms with Gasteiger partial charge in [-0.25, -0.2) is 4.98 Å². The largest absolute Gasteiger partial charge is 0.380 e. The number of nitrogens with zero attached hydrogens (tertiary/aromatic N) is 3. The normalized spacial score (nSPS) is 12.3. The van der Waals surface area contributed by atoms with Crippen LogP contribution in [0.5, 0.6) is 0 Å². The summed E-state index contributed by atoms with van der Waals surface area (Å²) in [7, 11) is 0. The van der Waals surface area contributed by atoms with Gasteiger partial charge in [-0.1, -0.05) is 12.1 Å². The van der Waals surface area contributed by atoms with E-state index in [9.17, 15) is 5.11 Å². The number of aromatic amines is 2. The lowest BCUT2D eigenvalue weighted by Gasteiger charge is -2.16. The molecule has 146 valence electrons. The van der Waals surface area contributed by atoms with E-state index in [0.717, 1.165) is 44.2 Å². The molecule has 0 saturated carbocycles. The number of aliphatic hydroxyl groups is 1. The molecule has 1 atom stereocenters. The molecule has 0 aliphatic rings. The molecular formula is C24H19N5O. The summed E-state index contributed by atoms with van der Waals surface area (Å²) in [6.45, 7) is 4.06. The maximum absolute atomic E-state index is 11.4. The van der Waals surface area contributed by atoms with Gasteiger partial charge in [-0.15, -0.1) is 0 Å². The lowest BCUT2D eigenvalue weighted by molar-refractivity contribution is 0.212. The van der Waals surface area contributed by atoms with Gasteiger partial charge < -0.3 is 15.1 Å². The van der Waals surface area contributed by atoms with E-state index in [2.05, 4.69) is 39.0 Å². The van der Waals surface area contributed by atoms with Crippen molar-refractivity contribution < 1.29 is 5.11 Å². The second kappa shape index (κ2) is 6.83. The number of nitrogens with one attached hydrogen (secondary N) is 2. The number of aliphatic hydroxyl groups excluding tert-OH is 1. The Morgan fingerprint density at radius 2 is 2.00 bits per heavy atom. The van der Waals surface area contributed by atoms with Crippen molar-refractivity contribution in [2.45, 2.75) is 20.0 Å². The molecule has 0 aliphatic heterocycles. The smallest absolute Gasteiger partial charge is 0.140 e. The topological polar surface area (TPSA) is 101 Å². The second-order valence-electron chi connectivity index (χ2n) is 7.49. The molecule has 0 radical (unpaired) electrons. The average molecular weight is 393 g/mol. The van der Waals surface area contributed by atoms with Crippen LogP contribution in [0.1, 0.15) is 34.2 Å². The van der Waals surface area contributed by atoms with Crippen molar-refractivity contribution in [3.8, 4) is 17.2 Å². The third-order valence-corrected chi connectivity index (χ3v) is 5.54. The van der Waals surface area contributed by atoms with E-state index in [4.69, 9.17) is 5.26 Å². The van der Waals surface area contributed by atoms with Gasteiger partial charge in [0, 0.05) is 46.2 Å². The minimum absolute atomic E-state index is 0.451. The Kier molecular flexibility index (Phi) is 4.12. The maximum atomic E-state index is 11.4. The van der Waals surface area contributed by atoms with Crippen LogP contribution >= 0.6 is 0 Å². The maximum Gasteiger partial charge on any atom is 0.140 e. The van der Waals surface area contributed by atoms with Gasteiger partial charge in [0.2, 0.25) is 0 Å². The Bertz CT molecular complexity index is 1440. The molecule has 5 aromatic rings. The Morgan fingerprint density at radius 3 is 2.77 bits per heavy atom. The van der Waals surface area contributed by atoms with E-state index in [-0.39, 0.29) is 0 Å². The summed E-state index contributed by atoms with van der Waals surface area (Å²) in [6.07, 6.45) is 4.58. The first-order chi connectivity index (χ1) is 14.6. The van der Waals surface area contributed by atoms with E-state index >= 15 is 0 Å². The number of H-pyrrole nitrogens is 2. The molecule has 5 rings (SSSR count). The zero-order valence-corrected chi connectivity index (χ0v) is 16.6. The third kappa shape index (κ3) is 2.76. The van der Waals surface area contributed by atoms with Gasteiger partial charge in [-0.3, -0.25) is 4.98 Å². The van der Waals surface area contributed by atoms with Gasteiger partial charge in [0.1, 0.15) is 11.9 Å². The number of hydrogen-bond acceptors (Lipinski definition) is 4. The van der Waals surface area contributed by atoms with Crippen molar-refractivity contribution in [1.82, 2.24) is 19.9 Å². The third-order valence-electron chi connectivity index (χ3n) is 5.54. The van der Waals surface area contributed by atoms with E-state index in [1.54, 1.807) is 24.4 Å². The first-order valence-corrected chi connectivity index (χ1v) is 9.66. The molecule has 6 heteroatoms. The zero-order valence-electron chi connectivity index (χ0n) is 16.6. The van der Waals surface area contributed by atoms with Crippen LogP contribution < -0.4 is 0 Å². The molecular weight excluding hydrogens is 374 g/mol. The summed E-state index contributed by atoms with van der Waals surface area (Å²) in [5.74, 6) is 0.451. The molecule has 6 nitrogen and oxygen atoms in total. The number of aryl methyl sites for hydroxylation is 2. The first-order valence-electron chi connectivity index (χ1n) is 9.66. The summed E-state index contributed by atoms with van der Waals surface area (Å²) < 4.78 is 0. The Balaban J connectivity index is 1.74. The summed E-state index contributed by atoms with van der Waals surface area (Å²) in [4.78, 5) is 15.4. The highest BCUT2D eigenvalue weighted by Crippen LogP contribution is 2.39. The van der Waals surface area contributed by atoms with E-state index < -0.39 is 6.10 Å². The van der Waals surface area contributed by atoms with Crippen LogP contribution in [0.4, 0.5) is 0 Å². The summed E-state index contributed by atoms with van der Waals surface area (Å²) in [6, 6.07) is 13.4. The number of rotatable bonds is 3. The quantitative estimate of drug-likeness (QED) is 0.414. The van der Waals surface area contributed by atoms with Crippen molar-refractivity contribution in [3.05, 3.63) is 83.1 Å². The highest BCUT2D eigenvalue weighted by molar-refractivity contribution is 6.00. The molecule has 2 aromatic carbocycles. The number of hydrogen-bond donors (Lipinski definition) is 3. The number of benzene rings is 2. The van der Waals surface area contributed by atoms with Gasteiger partial charge in [0.05, 0.1) is 22.7 Å². The SMILES string of the molecule is Cc1cc(C)c2[nH]cc(-c3cccnc3)c2c1C(O)c1nc2ccc(C#N)cc2[nH]1. The van der Waals surface area contributed by atoms with Gasteiger partial charge in [-0.2, -0.15) is 5.26 Å².